The van der Waals surface area contributed by atoms with E-state index in [2.05, 4.69) is 5.32 Å². The zero-order valence-electron chi connectivity index (χ0n) is 12.6. The van der Waals surface area contributed by atoms with Gasteiger partial charge in [-0.3, -0.25) is 4.79 Å². The summed E-state index contributed by atoms with van der Waals surface area (Å²) in [5.74, 6) is 0.976. The van der Waals surface area contributed by atoms with E-state index in [9.17, 15) is 4.79 Å². The van der Waals surface area contributed by atoms with Crippen LogP contribution in [0.5, 0.6) is 5.75 Å². The number of hydrogen-bond donors (Lipinski definition) is 1. The summed E-state index contributed by atoms with van der Waals surface area (Å²) in [4.78, 5) is 12.4. The highest BCUT2D eigenvalue weighted by molar-refractivity contribution is 6.10. The summed E-state index contributed by atoms with van der Waals surface area (Å²) in [6.45, 7) is 2.62. The maximum Gasteiger partial charge on any atom is 0.190 e. The molecule has 0 unspecified atom stereocenters. The predicted octanol–water partition coefficient (Wildman–Crippen LogP) is 4.21. The minimum atomic E-state index is 0.125. The van der Waals surface area contributed by atoms with Gasteiger partial charge in [0.15, 0.2) is 5.78 Å². The fourth-order valence-corrected chi connectivity index (χ4v) is 2.64. The van der Waals surface area contributed by atoms with Gasteiger partial charge in [-0.15, -0.1) is 0 Å². The minimum Gasteiger partial charge on any atom is -0.494 e. The molecule has 0 saturated heterocycles. The molecule has 3 nitrogen and oxygen atoms in total. The lowest BCUT2D eigenvalue weighted by Gasteiger charge is -2.17. The topological polar surface area (TPSA) is 38.3 Å². The van der Waals surface area contributed by atoms with Crippen LogP contribution < -0.4 is 10.1 Å². The third-order valence-corrected chi connectivity index (χ3v) is 3.80. The van der Waals surface area contributed by atoms with E-state index < -0.39 is 0 Å². The molecule has 0 radical (unpaired) electrons. The van der Waals surface area contributed by atoms with Gasteiger partial charge in [0.25, 0.3) is 0 Å². The second-order valence-corrected chi connectivity index (χ2v) is 5.26. The first-order valence-electron chi connectivity index (χ1n) is 7.59. The quantitative estimate of drug-likeness (QED) is 0.858. The average Bonchev–Trinajstić information content (AvgIpc) is 2.56. The van der Waals surface area contributed by atoms with Crippen LogP contribution in [0.3, 0.4) is 0 Å². The van der Waals surface area contributed by atoms with Crippen molar-refractivity contribution in [2.45, 2.75) is 19.8 Å². The lowest BCUT2D eigenvalue weighted by atomic mass is 9.87. The smallest absolute Gasteiger partial charge is 0.190 e. The summed E-state index contributed by atoms with van der Waals surface area (Å²) in [6, 6.07) is 15.6. The van der Waals surface area contributed by atoms with Gasteiger partial charge in [-0.25, -0.2) is 0 Å². The van der Waals surface area contributed by atoms with Crippen molar-refractivity contribution in [1.29, 1.82) is 0 Å². The number of rotatable bonds is 4. The molecule has 0 saturated carbocycles. The Balaban J connectivity index is 1.72. The Morgan fingerprint density at radius 1 is 1.09 bits per heavy atom. The first kappa shape index (κ1) is 14.4. The highest BCUT2D eigenvalue weighted by Gasteiger charge is 2.20. The Hall–Kier alpha value is -2.55. The van der Waals surface area contributed by atoms with Gasteiger partial charge in [-0.2, -0.15) is 0 Å². The SMILES string of the molecule is CCOc1ccc(N/C=C2/CCc3ccccc3C2=O)cc1. The largest absolute Gasteiger partial charge is 0.494 e. The molecule has 2 aromatic rings. The van der Waals surface area contributed by atoms with Crippen LogP contribution in [0.2, 0.25) is 0 Å². The standard InChI is InChI=1S/C19H19NO2/c1-2-22-17-11-9-16(10-12-17)20-13-15-8-7-14-5-3-4-6-18(14)19(15)21/h3-6,9-13,20H,2,7-8H2,1H3/b15-13-. The van der Waals surface area contributed by atoms with Crippen LogP contribution in [0.15, 0.2) is 60.3 Å². The van der Waals surface area contributed by atoms with Crippen molar-refractivity contribution in [1.82, 2.24) is 0 Å². The maximum absolute atomic E-state index is 12.4. The summed E-state index contributed by atoms with van der Waals surface area (Å²) in [6.07, 6.45) is 3.52. The van der Waals surface area contributed by atoms with Gasteiger partial charge in [-0.1, -0.05) is 24.3 Å². The maximum atomic E-state index is 12.4. The number of nitrogens with one attached hydrogen (secondary N) is 1. The second-order valence-electron chi connectivity index (χ2n) is 5.26. The predicted molar refractivity (Wildman–Crippen MR) is 88.4 cm³/mol. The van der Waals surface area contributed by atoms with Crippen molar-refractivity contribution in [3.05, 3.63) is 71.4 Å². The summed E-state index contributed by atoms with van der Waals surface area (Å²) in [5.41, 5.74) is 3.74. The lowest BCUT2D eigenvalue weighted by molar-refractivity contribution is 0.102. The van der Waals surface area contributed by atoms with Crippen molar-refractivity contribution in [2.24, 2.45) is 0 Å². The van der Waals surface area contributed by atoms with Gasteiger partial charge in [0, 0.05) is 23.0 Å². The summed E-state index contributed by atoms with van der Waals surface area (Å²) < 4.78 is 5.41. The van der Waals surface area contributed by atoms with E-state index in [-0.39, 0.29) is 5.78 Å². The highest BCUT2D eigenvalue weighted by Crippen LogP contribution is 2.25. The summed E-state index contributed by atoms with van der Waals surface area (Å²) in [5, 5.41) is 3.21. The number of benzene rings is 2. The van der Waals surface area contributed by atoms with Crippen LogP contribution in [0.4, 0.5) is 5.69 Å². The van der Waals surface area contributed by atoms with Crippen LogP contribution in [0.25, 0.3) is 0 Å². The molecule has 0 atom stereocenters. The molecule has 2 aromatic carbocycles. The number of allylic oxidation sites excluding steroid dienone is 1. The summed E-state index contributed by atoms with van der Waals surface area (Å²) in [7, 11) is 0. The Labute approximate surface area is 130 Å². The zero-order chi connectivity index (χ0) is 15.4. The second kappa shape index (κ2) is 6.48. The van der Waals surface area contributed by atoms with Crippen molar-refractivity contribution >= 4 is 11.5 Å². The Morgan fingerprint density at radius 2 is 1.86 bits per heavy atom. The molecule has 112 valence electrons. The number of hydrogen-bond acceptors (Lipinski definition) is 3. The zero-order valence-corrected chi connectivity index (χ0v) is 12.6. The third-order valence-electron chi connectivity index (χ3n) is 3.80. The molecule has 22 heavy (non-hydrogen) atoms. The van der Waals surface area contributed by atoms with E-state index in [4.69, 9.17) is 4.74 Å². The Bertz CT molecular complexity index is 702. The molecule has 3 heteroatoms. The number of fused-ring (bicyclic) bond motifs is 1. The molecule has 1 aliphatic carbocycles. The van der Waals surface area contributed by atoms with Crippen molar-refractivity contribution < 1.29 is 9.53 Å². The van der Waals surface area contributed by atoms with E-state index in [1.165, 1.54) is 0 Å². The number of ether oxygens (including phenoxy) is 1. The van der Waals surface area contributed by atoms with Crippen molar-refractivity contribution in [3.63, 3.8) is 0 Å². The van der Waals surface area contributed by atoms with Gasteiger partial charge in [0.1, 0.15) is 5.75 Å². The summed E-state index contributed by atoms with van der Waals surface area (Å²) >= 11 is 0. The fraction of sp³-hybridized carbons (Fsp3) is 0.211. The molecule has 3 rings (SSSR count). The number of carbonyl (C=O) groups is 1. The van der Waals surface area contributed by atoms with Crippen LogP contribution in [-0.2, 0) is 6.42 Å². The van der Waals surface area contributed by atoms with Gasteiger partial charge >= 0.3 is 0 Å². The molecular weight excluding hydrogens is 274 g/mol. The van der Waals surface area contributed by atoms with Gasteiger partial charge < -0.3 is 10.1 Å². The number of aryl methyl sites for hydroxylation is 1. The van der Waals surface area contributed by atoms with E-state index in [1.807, 2.05) is 61.7 Å². The molecular formula is C19H19NO2. The minimum absolute atomic E-state index is 0.125. The first-order chi connectivity index (χ1) is 10.8. The molecule has 0 amide bonds. The fourth-order valence-electron chi connectivity index (χ4n) is 2.64. The van der Waals surface area contributed by atoms with E-state index in [0.717, 1.165) is 41.0 Å². The lowest BCUT2D eigenvalue weighted by Crippen LogP contribution is -2.14. The normalized spacial score (nSPS) is 15.5. The molecule has 0 spiro atoms. The number of carbonyl (C=O) groups excluding carboxylic acids is 1. The molecule has 0 heterocycles. The van der Waals surface area contributed by atoms with Gasteiger partial charge in [-0.05, 0) is 49.6 Å². The van der Waals surface area contributed by atoms with Gasteiger partial charge in [0.2, 0.25) is 0 Å². The van der Waals surface area contributed by atoms with Crippen molar-refractivity contribution in [2.75, 3.05) is 11.9 Å². The van der Waals surface area contributed by atoms with Crippen LogP contribution in [0.1, 0.15) is 29.3 Å². The molecule has 0 aliphatic heterocycles. The average molecular weight is 293 g/mol. The molecule has 1 aliphatic rings. The van der Waals surface area contributed by atoms with E-state index in [1.54, 1.807) is 0 Å². The van der Waals surface area contributed by atoms with E-state index in [0.29, 0.717) is 6.61 Å². The Kier molecular flexibility index (Phi) is 4.24. The number of anilines is 1. The van der Waals surface area contributed by atoms with E-state index >= 15 is 0 Å². The molecule has 1 N–H and O–H groups in total. The number of Topliss-reactive ketones (excluding diaryl/α,β-unsaturated/α-hetero) is 1. The highest BCUT2D eigenvalue weighted by atomic mass is 16.5. The van der Waals surface area contributed by atoms with Gasteiger partial charge in [0.05, 0.1) is 6.61 Å². The monoisotopic (exact) mass is 293 g/mol. The molecule has 0 bridgehead atoms. The van der Waals surface area contributed by atoms with Crippen LogP contribution in [-0.4, -0.2) is 12.4 Å². The number of ketones is 1. The third kappa shape index (κ3) is 3.03. The Morgan fingerprint density at radius 3 is 2.64 bits per heavy atom. The van der Waals surface area contributed by atoms with Crippen LogP contribution in [0, 0.1) is 0 Å². The van der Waals surface area contributed by atoms with Crippen molar-refractivity contribution in [3.8, 4) is 5.75 Å². The molecule has 0 aromatic heterocycles. The molecule has 0 fully saturated rings. The van der Waals surface area contributed by atoms with Crippen LogP contribution >= 0.6 is 0 Å². The first-order valence-corrected chi connectivity index (χ1v) is 7.59.